The largest absolute Gasteiger partial charge is 0.497 e. The summed E-state index contributed by atoms with van der Waals surface area (Å²) in [6.07, 6.45) is 0.726. The molecule has 0 saturated heterocycles. The number of benzene rings is 3. The Morgan fingerprint density at radius 3 is 2.26 bits per heavy atom. The van der Waals surface area contributed by atoms with Crippen molar-refractivity contribution in [2.24, 2.45) is 0 Å². The van der Waals surface area contributed by atoms with Crippen LogP contribution in [0.15, 0.2) is 83.8 Å². The summed E-state index contributed by atoms with van der Waals surface area (Å²) in [6, 6.07) is 20.4. The highest BCUT2D eigenvalue weighted by Gasteiger charge is 2.32. The Labute approximate surface area is 235 Å². The van der Waals surface area contributed by atoms with Gasteiger partial charge in [-0.1, -0.05) is 48.9 Å². The maximum Gasteiger partial charge on any atom is 0.264 e. The number of nitrogens with zero attached hydrogens (tertiary/aromatic N) is 2. The number of hydrogen-bond donors (Lipinski definition) is 1. The van der Waals surface area contributed by atoms with Crippen LogP contribution in [0, 0.1) is 0 Å². The van der Waals surface area contributed by atoms with Crippen molar-refractivity contribution >= 4 is 39.1 Å². The van der Waals surface area contributed by atoms with Gasteiger partial charge in [-0.05, 0) is 74.4 Å². The average molecular weight is 572 g/mol. The lowest BCUT2D eigenvalue weighted by Gasteiger charge is -2.32. The van der Waals surface area contributed by atoms with Gasteiger partial charge in [-0.15, -0.1) is 0 Å². The van der Waals surface area contributed by atoms with Crippen molar-refractivity contribution in [3.63, 3.8) is 0 Å². The van der Waals surface area contributed by atoms with Crippen LogP contribution in [0.3, 0.4) is 0 Å². The first-order chi connectivity index (χ1) is 18.6. The molecule has 0 unspecified atom stereocenters. The minimum Gasteiger partial charge on any atom is -0.497 e. The van der Waals surface area contributed by atoms with Gasteiger partial charge in [-0.2, -0.15) is 0 Å². The quantitative estimate of drug-likeness (QED) is 0.334. The maximum absolute atomic E-state index is 13.9. The van der Waals surface area contributed by atoms with Crippen LogP contribution in [0.2, 0.25) is 5.02 Å². The molecule has 0 spiro atoms. The lowest BCUT2D eigenvalue weighted by Crippen LogP contribution is -2.52. The molecule has 2 atom stereocenters. The van der Waals surface area contributed by atoms with Gasteiger partial charge in [0.05, 0.1) is 17.7 Å². The fourth-order valence-electron chi connectivity index (χ4n) is 3.87. The highest BCUT2D eigenvalue weighted by Crippen LogP contribution is 2.25. The molecular weight excluding hydrogens is 538 g/mol. The number of amides is 2. The molecule has 2 amide bonds. The summed E-state index contributed by atoms with van der Waals surface area (Å²) in [5.74, 6) is -0.258. The smallest absolute Gasteiger partial charge is 0.264 e. The summed E-state index contributed by atoms with van der Waals surface area (Å²) in [6.45, 7) is 5.04. The molecule has 0 aliphatic heterocycles. The second kappa shape index (κ2) is 13.5. The van der Waals surface area contributed by atoms with Gasteiger partial charge in [-0.25, -0.2) is 8.42 Å². The summed E-state index contributed by atoms with van der Waals surface area (Å²) in [4.78, 5) is 28.4. The Morgan fingerprint density at radius 1 is 0.974 bits per heavy atom. The van der Waals surface area contributed by atoms with Gasteiger partial charge in [0.2, 0.25) is 11.8 Å². The van der Waals surface area contributed by atoms with E-state index in [9.17, 15) is 18.0 Å². The van der Waals surface area contributed by atoms with Crippen molar-refractivity contribution in [1.29, 1.82) is 0 Å². The topological polar surface area (TPSA) is 96.0 Å². The van der Waals surface area contributed by atoms with Gasteiger partial charge in [0.25, 0.3) is 10.0 Å². The lowest BCUT2D eigenvalue weighted by atomic mass is 10.1. The number of para-hydroxylation sites is 1. The SMILES string of the molecule is CC[C@H](C)NC(=O)[C@H](C)N(Cc1cccc(OC)c1)C(=O)CN(c1ccccc1)S(=O)(=O)c1ccc(Cl)cc1. The highest BCUT2D eigenvalue weighted by molar-refractivity contribution is 7.92. The number of ether oxygens (including phenoxy) is 1. The van der Waals surface area contributed by atoms with Crippen LogP contribution in [0.5, 0.6) is 5.75 Å². The monoisotopic (exact) mass is 571 g/mol. The summed E-state index contributed by atoms with van der Waals surface area (Å²) in [5.41, 5.74) is 1.05. The third-order valence-electron chi connectivity index (χ3n) is 6.38. The molecule has 10 heteroatoms. The van der Waals surface area contributed by atoms with E-state index in [4.69, 9.17) is 16.3 Å². The second-order valence-corrected chi connectivity index (χ2v) is 11.5. The normalized spacial score (nSPS) is 12.7. The molecule has 1 N–H and O–H groups in total. The number of methoxy groups -OCH3 is 1. The number of carbonyl (C=O) groups excluding carboxylic acids is 2. The Hall–Kier alpha value is -3.56. The number of carbonyl (C=O) groups is 2. The van der Waals surface area contributed by atoms with Crippen molar-refractivity contribution in [3.05, 3.63) is 89.4 Å². The molecule has 39 heavy (non-hydrogen) atoms. The zero-order valence-corrected chi connectivity index (χ0v) is 24.1. The van der Waals surface area contributed by atoms with Gasteiger partial charge in [0.1, 0.15) is 18.3 Å². The first-order valence-corrected chi connectivity index (χ1v) is 14.4. The maximum atomic E-state index is 13.9. The molecule has 0 radical (unpaired) electrons. The van der Waals surface area contributed by atoms with Crippen LogP contribution in [0.25, 0.3) is 0 Å². The predicted octanol–water partition coefficient (Wildman–Crippen LogP) is 4.88. The Balaban J connectivity index is 2.00. The molecule has 0 saturated carbocycles. The molecule has 3 aromatic rings. The van der Waals surface area contributed by atoms with Crippen LogP contribution < -0.4 is 14.4 Å². The van der Waals surface area contributed by atoms with Crippen molar-refractivity contribution in [3.8, 4) is 5.75 Å². The number of hydrogen-bond acceptors (Lipinski definition) is 5. The fourth-order valence-corrected chi connectivity index (χ4v) is 5.41. The molecule has 0 aliphatic rings. The minimum absolute atomic E-state index is 0.00883. The average Bonchev–Trinajstić information content (AvgIpc) is 2.94. The first-order valence-electron chi connectivity index (χ1n) is 12.6. The van der Waals surface area contributed by atoms with Crippen LogP contribution in [-0.4, -0.2) is 50.9 Å². The van der Waals surface area contributed by atoms with E-state index >= 15 is 0 Å². The summed E-state index contributed by atoms with van der Waals surface area (Å²) < 4.78 is 33.9. The fraction of sp³-hybridized carbons (Fsp3) is 0.310. The molecule has 3 aromatic carbocycles. The molecule has 8 nitrogen and oxygen atoms in total. The highest BCUT2D eigenvalue weighted by atomic mass is 35.5. The van der Waals surface area contributed by atoms with E-state index in [-0.39, 0.29) is 23.4 Å². The third kappa shape index (κ3) is 7.74. The van der Waals surface area contributed by atoms with Gasteiger partial charge >= 0.3 is 0 Å². The molecule has 3 rings (SSSR count). The molecule has 0 aromatic heterocycles. The van der Waals surface area contributed by atoms with Gasteiger partial charge in [0.15, 0.2) is 0 Å². The number of halogens is 1. The standard InChI is InChI=1S/C29H34ClN3O5S/c1-5-21(2)31-29(35)22(3)32(19-23-10-9-13-26(18-23)38-4)28(34)20-33(25-11-7-6-8-12-25)39(36,37)27-16-14-24(30)15-17-27/h6-18,21-22H,5,19-20H2,1-4H3,(H,31,35)/t21-,22-/m0/s1. The van der Waals surface area contributed by atoms with Crippen molar-refractivity contribution in [2.45, 2.75) is 50.7 Å². The number of rotatable bonds is 12. The van der Waals surface area contributed by atoms with Crippen LogP contribution in [0.1, 0.15) is 32.8 Å². The van der Waals surface area contributed by atoms with E-state index in [0.717, 1.165) is 16.3 Å². The van der Waals surface area contributed by atoms with Gasteiger partial charge in [-0.3, -0.25) is 13.9 Å². The van der Waals surface area contributed by atoms with E-state index in [0.29, 0.717) is 16.5 Å². The van der Waals surface area contributed by atoms with Crippen molar-refractivity contribution in [2.75, 3.05) is 18.0 Å². The van der Waals surface area contributed by atoms with Crippen LogP contribution >= 0.6 is 11.6 Å². The molecule has 0 fully saturated rings. The summed E-state index contributed by atoms with van der Waals surface area (Å²) in [7, 11) is -2.60. The van der Waals surface area contributed by atoms with Crippen LogP contribution in [-0.2, 0) is 26.2 Å². The zero-order valence-electron chi connectivity index (χ0n) is 22.5. The molecule has 208 valence electrons. The second-order valence-electron chi connectivity index (χ2n) is 9.17. The van der Waals surface area contributed by atoms with E-state index in [1.807, 2.05) is 19.9 Å². The van der Waals surface area contributed by atoms with E-state index in [1.54, 1.807) is 62.6 Å². The third-order valence-corrected chi connectivity index (χ3v) is 8.42. The van der Waals surface area contributed by atoms with E-state index in [1.165, 1.54) is 29.2 Å². The molecule has 0 bridgehead atoms. The summed E-state index contributed by atoms with van der Waals surface area (Å²) >= 11 is 5.98. The molecular formula is C29H34ClN3O5S. The Bertz CT molecular complexity index is 1370. The molecule has 0 aliphatic carbocycles. The zero-order chi connectivity index (χ0) is 28.6. The Morgan fingerprint density at radius 2 is 1.64 bits per heavy atom. The number of sulfonamides is 1. The number of nitrogens with one attached hydrogen (secondary N) is 1. The van der Waals surface area contributed by atoms with Gasteiger partial charge in [0, 0.05) is 17.6 Å². The Kier molecular flexibility index (Phi) is 10.4. The summed E-state index contributed by atoms with van der Waals surface area (Å²) in [5, 5.41) is 3.31. The van der Waals surface area contributed by atoms with Gasteiger partial charge < -0.3 is 15.0 Å². The number of anilines is 1. The van der Waals surface area contributed by atoms with Crippen LogP contribution in [0.4, 0.5) is 5.69 Å². The molecule has 0 heterocycles. The van der Waals surface area contributed by atoms with E-state index < -0.39 is 28.5 Å². The predicted molar refractivity (Wildman–Crippen MR) is 153 cm³/mol. The van der Waals surface area contributed by atoms with Crippen molar-refractivity contribution < 1.29 is 22.7 Å². The lowest BCUT2D eigenvalue weighted by molar-refractivity contribution is -0.139. The minimum atomic E-state index is -4.15. The van der Waals surface area contributed by atoms with E-state index in [2.05, 4.69) is 5.32 Å². The van der Waals surface area contributed by atoms with Crippen molar-refractivity contribution in [1.82, 2.24) is 10.2 Å². The first kappa shape index (κ1) is 30.0.